The molecule has 0 radical (unpaired) electrons. The van der Waals surface area contributed by atoms with Crippen LogP contribution in [-0.4, -0.2) is 47.4 Å². The molecule has 3 amide bonds. The topological polar surface area (TPSA) is 65.5 Å². The molecular formula is C11H14N4O2. The quantitative estimate of drug-likeness (QED) is 0.774. The van der Waals surface area contributed by atoms with Crippen molar-refractivity contribution in [2.24, 2.45) is 0 Å². The molecule has 1 aromatic heterocycles. The summed E-state index contributed by atoms with van der Waals surface area (Å²) in [6.45, 7) is 0.363. The van der Waals surface area contributed by atoms with Crippen molar-refractivity contribution in [3.05, 3.63) is 24.0 Å². The van der Waals surface area contributed by atoms with Crippen molar-refractivity contribution in [2.75, 3.05) is 26.0 Å². The third kappa shape index (κ3) is 2.20. The highest BCUT2D eigenvalue weighted by atomic mass is 16.2. The van der Waals surface area contributed by atoms with E-state index in [4.69, 9.17) is 0 Å². The van der Waals surface area contributed by atoms with Crippen LogP contribution in [0.4, 0.5) is 10.5 Å². The number of nitrogens with zero attached hydrogens (tertiary/aromatic N) is 3. The minimum Gasteiger partial charge on any atom is -0.388 e. The summed E-state index contributed by atoms with van der Waals surface area (Å²) >= 11 is 0. The predicted molar refractivity (Wildman–Crippen MR) is 62.4 cm³/mol. The van der Waals surface area contributed by atoms with Crippen molar-refractivity contribution in [1.29, 1.82) is 0 Å². The number of amides is 3. The van der Waals surface area contributed by atoms with Gasteiger partial charge >= 0.3 is 6.03 Å². The Hall–Kier alpha value is -2.11. The van der Waals surface area contributed by atoms with Crippen LogP contribution < -0.4 is 5.32 Å². The number of likely N-dealkylation sites (N-methyl/N-ethyl adjacent to an activating group) is 1. The van der Waals surface area contributed by atoms with Crippen LogP contribution in [0.2, 0.25) is 0 Å². The van der Waals surface area contributed by atoms with Crippen molar-refractivity contribution in [1.82, 2.24) is 14.8 Å². The van der Waals surface area contributed by atoms with Crippen LogP contribution in [-0.2, 0) is 11.3 Å². The Balaban J connectivity index is 2.15. The summed E-state index contributed by atoms with van der Waals surface area (Å²) in [5.74, 6) is -0.186. The summed E-state index contributed by atoms with van der Waals surface area (Å²) < 4.78 is 0. The molecule has 0 spiro atoms. The number of carbonyl (C=O) groups is 2. The lowest BCUT2D eigenvalue weighted by Crippen LogP contribution is -2.31. The maximum atomic E-state index is 11.7. The second-order valence-electron chi connectivity index (χ2n) is 3.90. The summed E-state index contributed by atoms with van der Waals surface area (Å²) in [7, 11) is 3.41. The molecule has 2 heterocycles. The third-order valence-corrected chi connectivity index (χ3v) is 2.66. The van der Waals surface area contributed by atoms with Gasteiger partial charge in [0, 0.05) is 26.0 Å². The maximum absolute atomic E-state index is 11.7. The normalized spacial score (nSPS) is 15.6. The van der Waals surface area contributed by atoms with Crippen LogP contribution >= 0.6 is 0 Å². The molecule has 1 fully saturated rings. The maximum Gasteiger partial charge on any atom is 0.327 e. The van der Waals surface area contributed by atoms with Gasteiger partial charge in [0.05, 0.1) is 12.2 Å². The van der Waals surface area contributed by atoms with E-state index in [1.807, 2.05) is 12.1 Å². The van der Waals surface area contributed by atoms with Crippen LogP contribution in [0.3, 0.4) is 0 Å². The first-order valence-corrected chi connectivity index (χ1v) is 5.30. The van der Waals surface area contributed by atoms with Gasteiger partial charge in [-0.15, -0.1) is 0 Å². The zero-order valence-corrected chi connectivity index (χ0v) is 9.80. The number of anilines is 1. The Bertz CT molecular complexity index is 461. The van der Waals surface area contributed by atoms with Gasteiger partial charge in [0.25, 0.3) is 5.91 Å². The van der Waals surface area contributed by atoms with E-state index in [0.717, 1.165) is 5.69 Å². The van der Waals surface area contributed by atoms with Crippen LogP contribution in [0.15, 0.2) is 18.3 Å². The Morgan fingerprint density at radius 1 is 1.47 bits per heavy atom. The molecule has 17 heavy (non-hydrogen) atoms. The molecular weight excluding hydrogens is 220 g/mol. The van der Waals surface area contributed by atoms with E-state index in [1.165, 1.54) is 9.80 Å². The lowest BCUT2D eigenvalue weighted by molar-refractivity contribution is -0.125. The minimum atomic E-state index is -0.272. The van der Waals surface area contributed by atoms with E-state index < -0.39 is 0 Å². The monoisotopic (exact) mass is 234 g/mol. The Morgan fingerprint density at radius 2 is 2.24 bits per heavy atom. The van der Waals surface area contributed by atoms with Gasteiger partial charge in [-0.05, 0) is 12.1 Å². The highest BCUT2D eigenvalue weighted by Crippen LogP contribution is 2.14. The Labute approximate surface area is 99.2 Å². The van der Waals surface area contributed by atoms with Crippen LogP contribution in [0, 0.1) is 0 Å². The van der Waals surface area contributed by atoms with Gasteiger partial charge in [0.15, 0.2) is 0 Å². The fraction of sp³-hybridized carbons (Fsp3) is 0.364. The molecule has 0 atom stereocenters. The van der Waals surface area contributed by atoms with E-state index in [2.05, 4.69) is 10.3 Å². The molecule has 0 aromatic carbocycles. The zero-order valence-electron chi connectivity index (χ0n) is 9.80. The van der Waals surface area contributed by atoms with Crippen molar-refractivity contribution in [3.63, 3.8) is 0 Å². The van der Waals surface area contributed by atoms with Gasteiger partial charge in [-0.1, -0.05) is 0 Å². The number of imide groups is 1. The average molecular weight is 234 g/mol. The number of nitrogens with one attached hydrogen (secondary N) is 1. The molecule has 0 unspecified atom stereocenters. The Morgan fingerprint density at radius 3 is 2.82 bits per heavy atom. The van der Waals surface area contributed by atoms with Gasteiger partial charge in [-0.3, -0.25) is 14.7 Å². The van der Waals surface area contributed by atoms with Crippen molar-refractivity contribution in [2.45, 2.75) is 6.54 Å². The smallest absolute Gasteiger partial charge is 0.327 e. The van der Waals surface area contributed by atoms with Crippen molar-refractivity contribution >= 4 is 17.6 Å². The number of urea groups is 1. The summed E-state index contributed by atoms with van der Waals surface area (Å²) in [6.07, 6.45) is 1.65. The summed E-state index contributed by atoms with van der Waals surface area (Å²) in [5, 5.41) is 2.98. The molecule has 0 saturated carbocycles. The van der Waals surface area contributed by atoms with E-state index in [1.54, 1.807) is 20.3 Å². The first kappa shape index (κ1) is 11.4. The molecule has 2 rings (SSSR count). The number of carbonyl (C=O) groups excluding carboxylic acids is 2. The van der Waals surface area contributed by atoms with Crippen molar-refractivity contribution < 1.29 is 9.59 Å². The molecule has 1 saturated heterocycles. The van der Waals surface area contributed by atoms with E-state index in [-0.39, 0.29) is 25.0 Å². The standard InChI is InChI=1S/C11H14N4O2/c1-12-8-3-4-13-9(5-8)6-15-10(16)7-14(2)11(15)17/h3-5H,6-7H2,1-2H3,(H,12,13). The molecule has 0 bridgehead atoms. The highest BCUT2D eigenvalue weighted by molar-refractivity contribution is 6.01. The molecule has 1 aliphatic rings. The fourth-order valence-corrected chi connectivity index (χ4v) is 1.71. The number of pyridine rings is 1. The van der Waals surface area contributed by atoms with E-state index in [0.29, 0.717) is 5.69 Å². The van der Waals surface area contributed by atoms with Crippen LogP contribution in [0.5, 0.6) is 0 Å². The Kier molecular flexibility index (Phi) is 2.95. The van der Waals surface area contributed by atoms with Crippen LogP contribution in [0.25, 0.3) is 0 Å². The van der Waals surface area contributed by atoms with E-state index in [9.17, 15) is 9.59 Å². The SMILES string of the molecule is CNc1ccnc(CN2C(=O)CN(C)C2=O)c1. The molecule has 6 heteroatoms. The van der Waals surface area contributed by atoms with Gasteiger partial charge in [-0.2, -0.15) is 0 Å². The van der Waals surface area contributed by atoms with Gasteiger partial charge in [0.2, 0.25) is 0 Å². The lowest BCUT2D eigenvalue weighted by Gasteiger charge is -2.13. The number of aromatic nitrogens is 1. The minimum absolute atomic E-state index is 0.143. The van der Waals surface area contributed by atoms with Gasteiger partial charge in [0.1, 0.15) is 6.54 Å². The second-order valence-corrected chi connectivity index (χ2v) is 3.90. The first-order valence-electron chi connectivity index (χ1n) is 5.30. The molecule has 1 aromatic rings. The first-order chi connectivity index (χ1) is 8.11. The molecule has 90 valence electrons. The molecule has 1 N–H and O–H groups in total. The molecule has 6 nitrogen and oxygen atoms in total. The summed E-state index contributed by atoms with van der Waals surface area (Å²) in [5.41, 5.74) is 1.59. The molecule has 1 aliphatic heterocycles. The number of hydrogen-bond acceptors (Lipinski definition) is 4. The zero-order chi connectivity index (χ0) is 12.4. The summed E-state index contributed by atoms with van der Waals surface area (Å²) in [4.78, 5) is 30.0. The largest absolute Gasteiger partial charge is 0.388 e. The fourth-order valence-electron chi connectivity index (χ4n) is 1.71. The lowest BCUT2D eigenvalue weighted by atomic mass is 10.3. The van der Waals surface area contributed by atoms with Crippen molar-refractivity contribution in [3.8, 4) is 0 Å². The number of hydrogen-bond donors (Lipinski definition) is 1. The van der Waals surface area contributed by atoms with Gasteiger partial charge < -0.3 is 10.2 Å². The van der Waals surface area contributed by atoms with E-state index >= 15 is 0 Å². The molecule has 0 aliphatic carbocycles. The predicted octanol–water partition coefficient (Wildman–Crippen LogP) is 0.517. The third-order valence-electron chi connectivity index (χ3n) is 2.66. The highest BCUT2D eigenvalue weighted by Gasteiger charge is 2.33. The summed E-state index contributed by atoms with van der Waals surface area (Å²) in [6, 6.07) is 3.37. The second kappa shape index (κ2) is 4.40. The van der Waals surface area contributed by atoms with Gasteiger partial charge in [-0.25, -0.2) is 4.79 Å². The average Bonchev–Trinajstić information content (AvgIpc) is 2.56. The van der Waals surface area contributed by atoms with Crippen LogP contribution in [0.1, 0.15) is 5.69 Å². The number of rotatable bonds is 3.